The number of hydrogen-bond donors (Lipinski definition) is 1. The van der Waals surface area contributed by atoms with Gasteiger partial charge < -0.3 is 27.2 Å². The molecule has 0 fully saturated rings. The smallest absolute Gasteiger partial charge is 1.00 e. The van der Waals surface area contributed by atoms with Gasteiger partial charge in [-0.05, 0) is 36.2 Å². The van der Waals surface area contributed by atoms with E-state index < -0.39 is 0 Å². The fraction of sp³-hybridized carbons (Fsp3) is 0.250. The number of ether oxygens (including phenoxy) is 2. The standard InChI is InChI=1S/C20H20N4O3.ClH/c1-26-17-9-13-6-8-24-16(15(13)10-18(17)27-2)11-19(23-20(24)25)22-12-14-5-3-4-7-21-14;/h3-5,7,9-11H,6,8,12H2,1-2H3,(H,22,23,25);1H. The zero-order valence-electron chi connectivity index (χ0n) is 16.6. The maximum atomic E-state index is 12.5. The highest BCUT2D eigenvalue weighted by atomic mass is 35.5. The summed E-state index contributed by atoms with van der Waals surface area (Å²) in [6, 6.07) is 11.5. The molecule has 0 spiro atoms. The van der Waals surface area contributed by atoms with Crippen LogP contribution in [0.4, 0.5) is 5.82 Å². The molecule has 0 saturated heterocycles. The van der Waals surface area contributed by atoms with Crippen LogP contribution >= 0.6 is 0 Å². The summed E-state index contributed by atoms with van der Waals surface area (Å²) in [5.74, 6) is 1.85. The molecule has 8 heteroatoms. The Morgan fingerprint density at radius 3 is 2.68 bits per heavy atom. The normalized spacial score (nSPS) is 11.6. The SMILES string of the molecule is COc1cc2c(cc1OC)-c1cc(NCc3ccccn3)nc(=O)n1CC2.[Cl-].[H+]. The van der Waals surface area contributed by atoms with Gasteiger partial charge in [-0.2, -0.15) is 4.98 Å². The lowest BCUT2D eigenvalue weighted by Crippen LogP contribution is -3.00. The molecule has 0 atom stereocenters. The summed E-state index contributed by atoms with van der Waals surface area (Å²) in [5, 5.41) is 3.19. The quantitative estimate of drug-likeness (QED) is 0.628. The van der Waals surface area contributed by atoms with Crippen LogP contribution in [0.2, 0.25) is 0 Å². The van der Waals surface area contributed by atoms with E-state index in [1.165, 1.54) is 0 Å². The van der Waals surface area contributed by atoms with Gasteiger partial charge in [0.1, 0.15) is 5.82 Å². The van der Waals surface area contributed by atoms with Crippen molar-refractivity contribution in [2.75, 3.05) is 19.5 Å². The Labute approximate surface area is 170 Å². The fourth-order valence-electron chi connectivity index (χ4n) is 3.32. The Kier molecular flexibility index (Phi) is 5.84. The van der Waals surface area contributed by atoms with Crippen molar-refractivity contribution in [2.24, 2.45) is 0 Å². The average Bonchev–Trinajstić information content (AvgIpc) is 2.71. The highest BCUT2D eigenvalue weighted by molar-refractivity contribution is 5.71. The van der Waals surface area contributed by atoms with Gasteiger partial charge in [0.15, 0.2) is 11.5 Å². The number of hydrogen-bond acceptors (Lipinski definition) is 6. The van der Waals surface area contributed by atoms with E-state index in [0.717, 1.165) is 28.9 Å². The molecule has 0 radical (unpaired) electrons. The molecule has 0 amide bonds. The topological polar surface area (TPSA) is 78.3 Å². The number of pyridine rings is 1. The van der Waals surface area contributed by atoms with E-state index in [1.807, 2.05) is 36.4 Å². The van der Waals surface area contributed by atoms with Gasteiger partial charge >= 0.3 is 7.12 Å². The van der Waals surface area contributed by atoms with E-state index in [1.54, 1.807) is 25.0 Å². The lowest BCUT2D eigenvalue weighted by atomic mass is 9.97. The molecule has 1 N–H and O–H groups in total. The zero-order chi connectivity index (χ0) is 18.8. The Balaban J connectivity index is 0.00000150. The number of nitrogens with zero attached hydrogens (tertiary/aromatic N) is 3. The largest absolute Gasteiger partial charge is 1.00 e. The monoisotopic (exact) mass is 400 g/mol. The molecule has 7 nitrogen and oxygen atoms in total. The van der Waals surface area contributed by atoms with Crippen molar-refractivity contribution >= 4 is 5.82 Å². The molecule has 1 aliphatic rings. The van der Waals surface area contributed by atoms with E-state index in [0.29, 0.717) is 30.4 Å². The van der Waals surface area contributed by atoms with E-state index in [2.05, 4.69) is 15.3 Å². The summed E-state index contributed by atoms with van der Waals surface area (Å²) < 4.78 is 12.5. The molecule has 4 rings (SSSR count). The first-order valence-electron chi connectivity index (χ1n) is 8.70. The van der Waals surface area contributed by atoms with Crippen molar-refractivity contribution < 1.29 is 23.3 Å². The highest BCUT2D eigenvalue weighted by Gasteiger charge is 2.21. The van der Waals surface area contributed by atoms with Gasteiger partial charge in [-0.3, -0.25) is 9.55 Å². The van der Waals surface area contributed by atoms with E-state index in [-0.39, 0.29) is 19.5 Å². The Hall–Kier alpha value is -3.06. The summed E-state index contributed by atoms with van der Waals surface area (Å²) in [6.07, 6.45) is 2.48. The van der Waals surface area contributed by atoms with Crippen molar-refractivity contribution in [1.29, 1.82) is 0 Å². The maximum absolute atomic E-state index is 12.5. The third-order valence-electron chi connectivity index (χ3n) is 4.68. The zero-order valence-corrected chi connectivity index (χ0v) is 16.4. The fourth-order valence-corrected chi connectivity index (χ4v) is 3.32. The van der Waals surface area contributed by atoms with Crippen molar-refractivity contribution in [3.05, 3.63) is 64.3 Å². The predicted molar refractivity (Wildman–Crippen MR) is 103 cm³/mol. The third-order valence-corrected chi connectivity index (χ3v) is 4.68. The summed E-state index contributed by atoms with van der Waals surface area (Å²) in [5.41, 5.74) is 3.51. The highest BCUT2D eigenvalue weighted by Crippen LogP contribution is 2.38. The first-order valence-corrected chi connectivity index (χ1v) is 8.70. The van der Waals surface area contributed by atoms with Gasteiger partial charge in [-0.15, -0.1) is 0 Å². The van der Waals surface area contributed by atoms with Crippen LogP contribution in [-0.4, -0.2) is 28.8 Å². The van der Waals surface area contributed by atoms with Gasteiger partial charge in [-0.1, -0.05) is 6.07 Å². The second-order valence-corrected chi connectivity index (χ2v) is 6.25. The number of nitrogens with one attached hydrogen (secondary N) is 1. The molecule has 146 valence electrons. The third kappa shape index (κ3) is 3.66. The Morgan fingerprint density at radius 1 is 1.18 bits per heavy atom. The molecule has 0 bridgehead atoms. The van der Waals surface area contributed by atoms with E-state index in [9.17, 15) is 4.79 Å². The molecule has 0 saturated carbocycles. The van der Waals surface area contributed by atoms with Gasteiger partial charge in [0.25, 0.3) is 0 Å². The molecule has 3 heterocycles. The summed E-state index contributed by atoms with van der Waals surface area (Å²) >= 11 is 0. The number of aromatic nitrogens is 3. The number of aryl methyl sites for hydroxylation is 1. The first kappa shape index (κ1) is 19.7. The number of methoxy groups -OCH3 is 2. The minimum atomic E-state index is -0.267. The second kappa shape index (κ2) is 8.31. The lowest BCUT2D eigenvalue weighted by Gasteiger charge is -2.23. The van der Waals surface area contributed by atoms with Gasteiger partial charge in [0.05, 0.1) is 32.2 Å². The molecule has 2 aromatic heterocycles. The predicted octanol–water partition coefficient (Wildman–Crippen LogP) is -0.393. The molecule has 1 aliphatic heterocycles. The maximum Gasteiger partial charge on any atom is 1.00 e. The van der Waals surface area contributed by atoms with Crippen molar-refractivity contribution in [3.63, 3.8) is 0 Å². The van der Waals surface area contributed by atoms with Crippen LogP contribution in [0.25, 0.3) is 11.3 Å². The van der Waals surface area contributed by atoms with Crippen LogP contribution in [-0.2, 0) is 19.5 Å². The minimum Gasteiger partial charge on any atom is -1.00 e. The van der Waals surface area contributed by atoms with E-state index >= 15 is 0 Å². The number of halogens is 1. The van der Waals surface area contributed by atoms with Crippen LogP contribution in [0.5, 0.6) is 11.5 Å². The lowest BCUT2D eigenvalue weighted by molar-refractivity contribution is -0.00000618. The Morgan fingerprint density at radius 2 is 1.96 bits per heavy atom. The average molecular weight is 401 g/mol. The van der Waals surface area contributed by atoms with Crippen LogP contribution in [0.15, 0.2) is 47.4 Å². The number of benzene rings is 1. The van der Waals surface area contributed by atoms with Gasteiger partial charge in [0.2, 0.25) is 0 Å². The van der Waals surface area contributed by atoms with Gasteiger partial charge in [0, 0.05) is 24.4 Å². The molecule has 1 aromatic carbocycles. The number of rotatable bonds is 5. The molecule has 28 heavy (non-hydrogen) atoms. The molecular formula is C20H21ClN4O3. The second-order valence-electron chi connectivity index (χ2n) is 6.25. The first-order chi connectivity index (χ1) is 13.2. The van der Waals surface area contributed by atoms with Gasteiger partial charge in [-0.25, -0.2) is 4.79 Å². The number of anilines is 1. The summed E-state index contributed by atoms with van der Waals surface area (Å²) in [4.78, 5) is 21.0. The van der Waals surface area contributed by atoms with Crippen molar-refractivity contribution in [1.82, 2.24) is 14.5 Å². The van der Waals surface area contributed by atoms with Crippen molar-refractivity contribution in [2.45, 2.75) is 19.5 Å². The van der Waals surface area contributed by atoms with E-state index in [4.69, 9.17) is 9.47 Å². The van der Waals surface area contributed by atoms with Crippen LogP contribution < -0.4 is 32.9 Å². The van der Waals surface area contributed by atoms with Crippen LogP contribution in [0.1, 0.15) is 12.7 Å². The summed E-state index contributed by atoms with van der Waals surface area (Å²) in [6.45, 7) is 1.08. The number of fused-ring (bicyclic) bond motifs is 3. The molecule has 0 unspecified atom stereocenters. The molecule has 0 aliphatic carbocycles. The van der Waals surface area contributed by atoms with Crippen molar-refractivity contribution in [3.8, 4) is 22.8 Å². The van der Waals surface area contributed by atoms with Crippen LogP contribution in [0, 0.1) is 0 Å². The molecule has 3 aromatic rings. The molecular weight excluding hydrogens is 380 g/mol. The van der Waals surface area contributed by atoms with Crippen LogP contribution in [0.3, 0.4) is 0 Å². The Bertz CT molecular complexity index is 1040. The summed E-state index contributed by atoms with van der Waals surface area (Å²) in [7, 11) is 3.22. The minimum absolute atomic E-state index is 0.